The summed E-state index contributed by atoms with van der Waals surface area (Å²) < 4.78 is 11.2. The maximum atomic E-state index is 5.81. The van der Waals surface area contributed by atoms with Crippen molar-refractivity contribution in [2.24, 2.45) is 0 Å². The van der Waals surface area contributed by atoms with Gasteiger partial charge in [-0.05, 0) is 0 Å². The molecule has 0 saturated heterocycles. The Kier molecular flexibility index (Phi) is 6.18. The molecular formula is C27H26BrO2P. The molecule has 4 aromatic rings. The van der Waals surface area contributed by atoms with Gasteiger partial charge in [0.05, 0.1) is 0 Å². The van der Waals surface area contributed by atoms with Crippen molar-refractivity contribution < 1.29 is 9.47 Å². The van der Waals surface area contributed by atoms with Gasteiger partial charge in [0.25, 0.3) is 0 Å². The number of halogens is 1. The van der Waals surface area contributed by atoms with Gasteiger partial charge in [0, 0.05) is 0 Å². The quantitative estimate of drug-likeness (QED) is 0.292. The standard InChI is InChI=1S/C27H26BrO2P/c1-29-23-19-18-22(27(20-23)30-2)21-31(28,24-12-6-3-7-13-24,25-14-8-4-9-15-25)26-16-10-5-11-17-26/h3-20H,21H2,1-2H3. The van der Waals surface area contributed by atoms with E-state index in [0.29, 0.717) is 0 Å². The molecule has 0 spiro atoms. The zero-order valence-corrected chi connectivity index (χ0v) is 20.2. The Morgan fingerprint density at radius 2 is 1.06 bits per heavy atom. The minimum absolute atomic E-state index is 0.775. The van der Waals surface area contributed by atoms with Crippen LogP contribution in [0.1, 0.15) is 5.56 Å². The SMILES string of the molecule is COc1ccc(CP(Br)(c2ccccc2)(c2ccccc2)c2ccccc2)c(OC)c1. The predicted molar refractivity (Wildman–Crippen MR) is 137 cm³/mol. The van der Waals surface area contributed by atoms with E-state index in [-0.39, 0.29) is 0 Å². The van der Waals surface area contributed by atoms with Crippen LogP contribution in [0.3, 0.4) is 0 Å². The fourth-order valence-electron chi connectivity index (χ4n) is 4.24. The molecule has 0 N–H and O–H groups in total. The van der Waals surface area contributed by atoms with Crippen molar-refractivity contribution in [3.05, 3.63) is 115 Å². The van der Waals surface area contributed by atoms with Gasteiger partial charge >= 0.3 is 193 Å². The Bertz CT molecular complexity index is 1050. The molecule has 0 aliphatic rings. The Balaban J connectivity index is 2.07. The molecule has 0 aliphatic heterocycles. The van der Waals surface area contributed by atoms with E-state index in [0.717, 1.165) is 23.2 Å². The molecule has 0 heterocycles. The monoisotopic (exact) mass is 492 g/mol. The van der Waals surface area contributed by atoms with Crippen molar-refractivity contribution in [1.29, 1.82) is 0 Å². The van der Waals surface area contributed by atoms with E-state index < -0.39 is 5.31 Å². The van der Waals surface area contributed by atoms with E-state index in [4.69, 9.17) is 9.47 Å². The molecule has 0 amide bonds. The van der Waals surface area contributed by atoms with E-state index in [1.165, 1.54) is 15.9 Å². The topological polar surface area (TPSA) is 18.5 Å². The zero-order chi connectivity index (χ0) is 21.8. The summed E-state index contributed by atoms with van der Waals surface area (Å²) in [6.07, 6.45) is 0.775. The summed E-state index contributed by atoms with van der Waals surface area (Å²) in [6, 6.07) is 38.5. The van der Waals surface area contributed by atoms with Crippen molar-refractivity contribution in [2.45, 2.75) is 6.16 Å². The van der Waals surface area contributed by atoms with E-state index >= 15 is 0 Å². The van der Waals surface area contributed by atoms with Gasteiger partial charge in [-0.2, -0.15) is 0 Å². The Morgan fingerprint density at radius 3 is 1.45 bits per heavy atom. The molecule has 158 valence electrons. The molecule has 0 unspecified atom stereocenters. The van der Waals surface area contributed by atoms with Crippen LogP contribution in [0.25, 0.3) is 0 Å². The fraction of sp³-hybridized carbons (Fsp3) is 0.111. The van der Waals surface area contributed by atoms with Crippen LogP contribution in [-0.4, -0.2) is 14.2 Å². The van der Waals surface area contributed by atoms with Gasteiger partial charge in [-0.3, -0.25) is 0 Å². The van der Waals surface area contributed by atoms with Crippen LogP contribution >= 0.6 is 20.8 Å². The van der Waals surface area contributed by atoms with Gasteiger partial charge in [0.2, 0.25) is 0 Å². The predicted octanol–water partition coefficient (Wildman–Crippen LogP) is 6.04. The van der Waals surface area contributed by atoms with Crippen molar-refractivity contribution in [2.75, 3.05) is 14.2 Å². The number of hydrogen-bond donors (Lipinski definition) is 0. The number of benzene rings is 4. The number of hydrogen-bond acceptors (Lipinski definition) is 2. The van der Waals surface area contributed by atoms with E-state index in [2.05, 4.69) is 113 Å². The minimum atomic E-state index is -3.07. The molecular weight excluding hydrogens is 467 g/mol. The molecule has 0 bridgehead atoms. The zero-order valence-electron chi connectivity index (χ0n) is 17.7. The summed E-state index contributed by atoms with van der Waals surface area (Å²) in [5, 5.41) is 0.776. The summed E-state index contributed by atoms with van der Waals surface area (Å²) in [5.74, 6) is 1.62. The van der Waals surface area contributed by atoms with Crippen LogP contribution in [0.4, 0.5) is 0 Å². The molecule has 4 aromatic carbocycles. The third-order valence-corrected chi connectivity index (χ3v) is 15.3. The molecule has 4 heteroatoms. The number of rotatable bonds is 7. The van der Waals surface area contributed by atoms with Gasteiger partial charge in [0.15, 0.2) is 0 Å². The first-order valence-electron chi connectivity index (χ1n) is 10.2. The third-order valence-electron chi connectivity index (χ3n) is 5.85. The first-order chi connectivity index (χ1) is 15.1. The second-order valence-corrected chi connectivity index (χ2v) is 16.5. The van der Waals surface area contributed by atoms with Gasteiger partial charge in [-0.25, -0.2) is 0 Å². The summed E-state index contributed by atoms with van der Waals surface area (Å²) in [6.45, 7) is 0. The summed E-state index contributed by atoms with van der Waals surface area (Å²) in [5.41, 5.74) is 1.13. The molecule has 4 rings (SSSR count). The summed E-state index contributed by atoms with van der Waals surface area (Å²) >= 11 is 4.50. The first-order valence-corrected chi connectivity index (χ1v) is 14.6. The Hall–Kier alpha value is -2.61. The maximum absolute atomic E-state index is 5.81. The Labute approximate surface area is 192 Å². The van der Waals surface area contributed by atoms with Crippen LogP contribution in [0, 0.1) is 0 Å². The van der Waals surface area contributed by atoms with Crippen molar-refractivity contribution >= 4 is 36.7 Å². The van der Waals surface area contributed by atoms with Gasteiger partial charge in [-0.15, -0.1) is 0 Å². The second kappa shape index (κ2) is 8.86. The van der Waals surface area contributed by atoms with Crippen molar-refractivity contribution in [3.63, 3.8) is 0 Å². The van der Waals surface area contributed by atoms with Crippen LogP contribution in [0.2, 0.25) is 0 Å². The molecule has 0 saturated carbocycles. The first kappa shape index (κ1) is 21.6. The molecule has 0 aromatic heterocycles. The van der Waals surface area contributed by atoms with E-state index in [9.17, 15) is 0 Å². The van der Waals surface area contributed by atoms with Crippen LogP contribution in [0.15, 0.2) is 109 Å². The number of ether oxygens (including phenoxy) is 2. The fourth-order valence-corrected chi connectivity index (χ4v) is 11.9. The van der Waals surface area contributed by atoms with E-state index in [1.54, 1.807) is 14.2 Å². The molecule has 0 atom stereocenters. The van der Waals surface area contributed by atoms with Crippen LogP contribution in [-0.2, 0) is 6.16 Å². The number of methoxy groups -OCH3 is 2. The van der Waals surface area contributed by atoms with E-state index in [1.807, 2.05) is 12.1 Å². The summed E-state index contributed by atoms with van der Waals surface area (Å²) in [7, 11) is 3.39. The van der Waals surface area contributed by atoms with Crippen molar-refractivity contribution in [1.82, 2.24) is 0 Å². The van der Waals surface area contributed by atoms with Crippen molar-refractivity contribution in [3.8, 4) is 11.5 Å². The molecule has 2 nitrogen and oxygen atoms in total. The molecule has 31 heavy (non-hydrogen) atoms. The van der Waals surface area contributed by atoms with Gasteiger partial charge < -0.3 is 0 Å². The van der Waals surface area contributed by atoms with Gasteiger partial charge in [-0.1, -0.05) is 0 Å². The van der Waals surface area contributed by atoms with Crippen LogP contribution in [0.5, 0.6) is 11.5 Å². The van der Waals surface area contributed by atoms with Crippen LogP contribution < -0.4 is 25.4 Å². The Morgan fingerprint density at radius 1 is 0.613 bits per heavy atom. The average Bonchev–Trinajstić information content (AvgIpc) is 2.86. The second-order valence-electron chi connectivity index (χ2n) is 7.53. The van der Waals surface area contributed by atoms with Gasteiger partial charge in [0.1, 0.15) is 0 Å². The third kappa shape index (κ3) is 3.78. The normalized spacial score (nSPS) is 12.5. The molecule has 0 radical (unpaired) electrons. The molecule has 0 aliphatic carbocycles. The molecule has 0 fully saturated rings. The average molecular weight is 493 g/mol. The summed E-state index contributed by atoms with van der Waals surface area (Å²) in [4.78, 5) is 0.